The molecule has 3 N–H and O–H groups in total. The quantitative estimate of drug-likeness (QED) is 0.126. The van der Waals surface area contributed by atoms with Crippen molar-refractivity contribution in [2.75, 3.05) is 40.0 Å². The summed E-state index contributed by atoms with van der Waals surface area (Å²) in [6, 6.07) is 13.1. The van der Waals surface area contributed by atoms with Crippen LogP contribution in [-0.4, -0.2) is 68.0 Å². The van der Waals surface area contributed by atoms with Gasteiger partial charge in [-0.15, -0.1) is 11.3 Å². The largest absolute Gasteiger partial charge is 0.490 e. The molecule has 0 bridgehead atoms. The number of ether oxygens (including phenoxy) is 2. The molecule has 1 fully saturated rings. The van der Waals surface area contributed by atoms with E-state index < -0.39 is 5.82 Å². The average molecular weight is 640 g/mol. The Bertz CT molecular complexity index is 1840. The van der Waals surface area contributed by atoms with Crippen LogP contribution in [0.4, 0.5) is 4.39 Å². The number of hydrogen-bond donors (Lipinski definition) is 2. The molecule has 4 heterocycles. The number of fused-ring (bicyclic) bond motifs is 2. The Kier molecular flexibility index (Phi) is 9.58. The van der Waals surface area contributed by atoms with Gasteiger partial charge in [0.25, 0.3) is 0 Å². The van der Waals surface area contributed by atoms with Gasteiger partial charge in [-0.25, -0.2) is 9.37 Å². The summed E-state index contributed by atoms with van der Waals surface area (Å²) in [5.41, 5.74) is 14.4. The Morgan fingerprint density at radius 3 is 2.91 bits per heavy atom. The molecule has 0 spiro atoms. The Morgan fingerprint density at radius 2 is 2.11 bits per heavy atom. The van der Waals surface area contributed by atoms with Crippen LogP contribution in [-0.2, 0) is 22.5 Å². The summed E-state index contributed by atoms with van der Waals surface area (Å²) in [5, 5.41) is 6.49. The summed E-state index contributed by atoms with van der Waals surface area (Å²) in [7, 11) is 1.60. The summed E-state index contributed by atoms with van der Waals surface area (Å²) in [5.74, 6) is -0.108. The number of nitrogens with one attached hydrogen (secondary N) is 1. The Labute approximate surface area is 272 Å². The van der Waals surface area contributed by atoms with Gasteiger partial charge in [-0.2, -0.15) is 0 Å². The fraction of sp³-hybridized carbons (Fsp3) is 0.306. The third-order valence-electron chi connectivity index (χ3n) is 8.48. The van der Waals surface area contributed by atoms with Crippen LogP contribution in [0.1, 0.15) is 30.2 Å². The highest BCUT2D eigenvalue weighted by molar-refractivity contribution is 7.18. The number of carbonyl (C=O) groups excluding carboxylic acids is 1. The zero-order chi connectivity index (χ0) is 32.2. The first-order valence-electron chi connectivity index (χ1n) is 15.4. The van der Waals surface area contributed by atoms with E-state index in [0.717, 1.165) is 52.8 Å². The van der Waals surface area contributed by atoms with E-state index in [-0.39, 0.29) is 18.6 Å². The van der Waals surface area contributed by atoms with Gasteiger partial charge in [0.05, 0.1) is 24.0 Å². The van der Waals surface area contributed by atoms with E-state index in [1.54, 1.807) is 35.6 Å². The number of allylic oxidation sites excluding steroid dienone is 2. The zero-order valence-electron chi connectivity index (χ0n) is 26.1. The summed E-state index contributed by atoms with van der Waals surface area (Å²) < 4.78 is 26.9. The van der Waals surface area contributed by atoms with E-state index in [1.807, 2.05) is 6.92 Å². The number of halogens is 1. The lowest BCUT2D eigenvalue weighted by Gasteiger charge is -2.20. The highest BCUT2D eigenvalue weighted by atomic mass is 32.1. The number of thiophene rings is 1. The predicted molar refractivity (Wildman–Crippen MR) is 184 cm³/mol. The van der Waals surface area contributed by atoms with Gasteiger partial charge in [0.2, 0.25) is 5.91 Å². The molecule has 1 atom stereocenters. The predicted octanol–water partition coefficient (Wildman–Crippen LogP) is 5.99. The molecular weight excluding hydrogens is 601 g/mol. The van der Waals surface area contributed by atoms with Crippen LogP contribution in [0, 0.1) is 5.82 Å². The van der Waals surface area contributed by atoms with E-state index >= 15 is 0 Å². The second kappa shape index (κ2) is 13.9. The Hall–Kier alpha value is -4.38. The molecule has 8 nitrogen and oxygen atoms in total. The minimum atomic E-state index is -0.402. The van der Waals surface area contributed by atoms with Crippen molar-refractivity contribution in [2.24, 2.45) is 10.7 Å². The van der Waals surface area contributed by atoms with Gasteiger partial charge < -0.3 is 25.4 Å². The first kappa shape index (κ1) is 31.6. The smallest absolute Gasteiger partial charge is 0.246 e. The van der Waals surface area contributed by atoms with Gasteiger partial charge in [0.15, 0.2) is 0 Å². The third kappa shape index (κ3) is 6.46. The fourth-order valence-corrected chi connectivity index (χ4v) is 7.05. The van der Waals surface area contributed by atoms with Gasteiger partial charge in [0, 0.05) is 77.1 Å². The number of methoxy groups -OCH3 is 1. The summed E-state index contributed by atoms with van der Waals surface area (Å²) in [4.78, 5) is 24.2. The number of benzene rings is 2. The van der Waals surface area contributed by atoms with Crippen LogP contribution in [0.15, 0.2) is 71.2 Å². The zero-order valence-corrected chi connectivity index (χ0v) is 27.0. The highest BCUT2D eigenvalue weighted by Gasteiger charge is 2.26. The minimum Gasteiger partial charge on any atom is -0.490 e. The molecule has 1 amide bonds. The lowest BCUT2D eigenvalue weighted by molar-refractivity contribution is -0.125. The Balaban J connectivity index is 1.54. The summed E-state index contributed by atoms with van der Waals surface area (Å²) >= 11 is 1.59. The number of likely N-dealkylation sites (tertiary alicyclic amines) is 1. The topological polar surface area (TPSA) is 102 Å². The van der Waals surface area contributed by atoms with Gasteiger partial charge in [-0.1, -0.05) is 18.7 Å². The summed E-state index contributed by atoms with van der Waals surface area (Å²) in [6.45, 7) is 8.97. The number of nitrogens with zero attached hydrogens (tertiary/aromatic N) is 3. The molecule has 0 aliphatic carbocycles. The van der Waals surface area contributed by atoms with Crippen molar-refractivity contribution < 1.29 is 18.7 Å². The third-order valence-corrected chi connectivity index (χ3v) is 9.41. The molecule has 0 saturated carbocycles. The minimum absolute atomic E-state index is 0.0837. The van der Waals surface area contributed by atoms with Crippen molar-refractivity contribution in [1.82, 2.24) is 15.2 Å². The average Bonchev–Trinajstić information content (AvgIpc) is 3.75. The molecule has 2 aromatic carbocycles. The van der Waals surface area contributed by atoms with Crippen molar-refractivity contribution in [3.8, 4) is 28.1 Å². The molecule has 46 heavy (non-hydrogen) atoms. The van der Waals surface area contributed by atoms with E-state index in [9.17, 15) is 9.18 Å². The fourth-order valence-electron chi connectivity index (χ4n) is 6.09. The summed E-state index contributed by atoms with van der Waals surface area (Å²) in [6.07, 6.45) is 4.80. The monoisotopic (exact) mass is 639 g/mol. The maximum atomic E-state index is 14.6. The molecule has 2 aromatic heterocycles. The molecule has 4 aromatic rings. The van der Waals surface area contributed by atoms with Crippen LogP contribution < -0.4 is 15.8 Å². The number of nitrogens with two attached hydrogens (primary N) is 1. The second-order valence-electron chi connectivity index (χ2n) is 11.5. The highest BCUT2D eigenvalue weighted by Crippen LogP contribution is 2.45. The molecule has 238 valence electrons. The number of rotatable bonds is 10. The molecule has 1 unspecified atom stereocenters. The standard InChI is InChI=1S/C36H38FN5O3S/c1-4-32(43)42-13-10-27(21-42)40-20-30(22(2)38)35-33(28-8-7-26(37)18-31(28)45-15-14-44-3)36-29(11-16-46-36)34(41-35)24-5-6-25-19-39-12-9-23(25)17-24/h4-8,11,16-18,20,27,39H,1,9-10,12-15,19,21,38H2,2-3H3/b30-22+,40-20?. The number of hydrogen-bond acceptors (Lipinski definition) is 8. The molecule has 0 radical (unpaired) electrons. The van der Waals surface area contributed by atoms with E-state index in [1.165, 1.54) is 29.3 Å². The van der Waals surface area contributed by atoms with E-state index in [4.69, 9.17) is 25.2 Å². The number of carbonyl (C=O) groups is 1. The van der Waals surface area contributed by atoms with Gasteiger partial charge in [-0.05, 0) is 73.2 Å². The van der Waals surface area contributed by atoms with Crippen LogP contribution >= 0.6 is 11.3 Å². The normalized spacial score (nSPS) is 16.9. The molecule has 10 heteroatoms. The van der Waals surface area contributed by atoms with Crippen molar-refractivity contribution >= 4 is 39.1 Å². The SMILES string of the molecule is C=CC(=O)N1CCC(N=C/C(=C(/C)N)c2nc(-c3ccc4c(c3)CCNC4)c3ccsc3c2-c2ccc(F)cc2OCCOC)C1. The number of aliphatic imine (C=N–C) groups is 1. The van der Waals surface area contributed by atoms with Gasteiger partial charge >= 0.3 is 0 Å². The molecule has 6 rings (SSSR count). The second-order valence-corrected chi connectivity index (χ2v) is 12.5. The molecule has 2 aliphatic rings. The van der Waals surface area contributed by atoms with Gasteiger partial charge in [0.1, 0.15) is 18.2 Å². The molecule has 1 saturated heterocycles. The van der Waals surface area contributed by atoms with E-state index in [2.05, 4.69) is 41.5 Å². The van der Waals surface area contributed by atoms with Gasteiger partial charge in [-0.3, -0.25) is 9.79 Å². The first-order valence-corrected chi connectivity index (χ1v) is 16.3. The van der Waals surface area contributed by atoms with Crippen molar-refractivity contribution in [3.63, 3.8) is 0 Å². The van der Waals surface area contributed by atoms with Crippen LogP contribution in [0.25, 0.3) is 38.0 Å². The lowest BCUT2D eigenvalue weighted by atomic mass is 9.93. The maximum absolute atomic E-state index is 14.6. The van der Waals surface area contributed by atoms with Crippen LogP contribution in [0.3, 0.4) is 0 Å². The van der Waals surface area contributed by atoms with Crippen LogP contribution in [0.5, 0.6) is 5.75 Å². The number of amides is 1. The lowest BCUT2D eigenvalue weighted by Crippen LogP contribution is -2.27. The van der Waals surface area contributed by atoms with Crippen LogP contribution in [0.2, 0.25) is 0 Å². The van der Waals surface area contributed by atoms with Crippen molar-refractivity contribution in [3.05, 3.63) is 88.8 Å². The Morgan fingerprint density at radius 1 is 1.24 bits per heavy atom. The number of aromatic nitrogens is 1. The van der Waals surface area contributed by atoms with Crippen molar-refractivity contribution in [2.45, 2.75) is 32.4 Å². The molecule has 2 aliphatic heterocycles. The van der Waals surface area contributed by atoms with Crippen molar-refractivity contribution in [1.29, 1.82) is 0 Å². The van der Waals surface area contributed by atoms with E-state index in [0.29, 0.717) is 48.0 Å². The number of pyridine rings is 1. The molecular formula is C36H38FN5O3S. The maximum Gasteiger partial charge on any atom is 0.246 e. The first-order chi connectivity index (χ1) is 22.4.